The number of aliphatic hydroxyl groups is 1. The molecule has 0 spiro atoms. The Hall–Kier alpha value is -0.350. The SMILES string of the molecule is OCc1nc2ccc(Br)cc2c(Cl)c1Cl. The molecule has 2 nitrogen and oxygen atoms in total. The van der Waals surface area contributed by atoms with Gasteiger partial charge < -0.3 is 5.11 Å². The molecule has 0 aliphatic rings. The first-order valence-electron chi connectivity index (χ1n) is 4.17. The Morgan fingerprint density at radius 1 is 1.27 bits per heavy atom. The molecular weight excluding hydrogens is 301 g/mol. The third-order valence-corrected chi connectivity index (χ3v) is 3.44. The van der Waals surface area contributed by atoms with Crippen molar-refractivity contribution in [2.75, 3.05) is 0 Å². The number of aliphatic hydroxyl groups excluding tert-OH is 1. The molecule has 0 saturated heterocycles. The van der Waals surface area contributed by atoms with E-state index in [0.29, 0.717) is 15.7 Å². The Balaban J connectivity index is 2.84. The minimum atomic E-state index is -0.218. The van der Waals surface area contributed by atoms with Gasteiger partial charge in [-0.1, -0.05) is 39.1 Å². The summed E-state index contributed by atoms with van der Waals surface area (Å²) < 4.78 is 0.909. The lowest BCUT2D eigenvalue weighted by atomic mass is 10.2. The molecule has 5 heteroatoms. The number of pyridine rings is 1. The van der Waals surface area contributed by atoms with Gasteiger partial charge in [0.25, 0.3) is 0 Å². The highest BCUT2D eigenvalue weighted by Gasteiger charge is 2.11. The van der Waals surface area contributed by atoms with Crippen LogP contribution in [0.1, 0.15) is 5.69 Å². The topological polar surface area (TPSA) is 33.1 Å². The van der Waals surface area contributed by atoms with E-state index in [1.54, 1.807) is 0 Å². The number of hydrogen-bond acceptors (Lipinski definition) is 2. The van der Waals surface area contributed by atoms with Gasteiger partial charge in [0.05, 0.1) is 27.9 Å². The van der Waals surface area contributed by atoms with Crippen LogP contribution in [0.25, 0.3) is 10.9 Å². The van der Waals surface area contributed by atoms with Gasteiger partial charge >= 0.3 is 0 Å². The summed E-state index contributed by atoms with van der Waals surface area (Å²) in [6, 6.07) is 5.53. The zero-order chi connectivity index (χ0) is 11.0. The second kappa shape index (κ2) is 4.26. The Labute approximate surface area is 105 Å². The smallest absolute Gasteiger partial charge is 0.0868 e. The van der Waals surface area contributed by atoms with Crippen LogP contribution < -0.4 is 0 Å². The summed E-state index contributed by atoms with van der Waals surface area (Å²) in [6.45, 7) is -0.218. The first-order chi connectivity index (χ1) is 7.13. The lowest BCUT2D eigenvalue weighted by Gasteiger charge is -2.06. The molecule has 2 aromatic rings. The van der Waals surface area contributed by atoms with Gasteiger partial charge in [-0.05, 0) is 18.2 Å². The molecule has 1 heterocycles. The van der Waals surface area contributed by atoms with Crippen molar-refractivity contribution in [1.29, 1.82) is 0 Å². The van der Waals surface area contributed by atoms with Crippen molar-refractivity contribution in [2.45, 2.75) is 6.61 Å². The van der Waals surface area contributed by atoms with Crippen LogP contribution in [0, 0.1) is 0 Å². The van der Waals surface area contributed by atoms with E-state index in [1.807, 2.05) is 18.2 Å². The van der Waals surface area contributed by atoms with Crippen LogP contribution in [-0.2, 0) is 6.61 Å². The van der Waals surface area contributed by atoms with Crippen molar-refractivity contribution in [1.82, 2.24) is 4.98 Å². The Bertz CT molecular complexity index is 530. The first-order valence-corrected chi connectivity index (χ1v) is 5.72. The highest BCUT2D eigenvalue weighted by molar-refractivity contribution is 9.10. The van der Waals surface area contributed by atoms with Crippen LogP contribution in [0.4, 0.5) is 0 Å². The summed E-state index contributed by atoms with van der Waals surface area (Å²) in [6.07, 6.45) is 0. The monoisotopic (exact) mass is 305 g/mol. The van der Waals surface area contributed by atoms with Crippen molar-refractivity contribution in [3.05, 3.63) is 38.4 Å². The van der Waals surface area contributed by atoms with Gasteiger partial charge in [-0.15, -0.1) is 0 Å². The van der Waals surface area contributed by atoms with Crippen LogP contribution in [0.5, 0.6) is 0 Å². The van der Waals surface area contributed by atoms with Gasteiger partial charge in [-0.2, -0.15) is 0 Å². The van der Waals surface area contributed by atoms with Crippen LogP contribution in [0.3, 0.4) is 0 Å². The van der Waals surface area contributed by atoms with Gasteiger partial charge in [0.15, 0.2) is 0 Å². The third kappa shape index (κ3) is 1.97. The van der Waals surface area contributed by atoms with Crippen molar-refractivity contribution in [2.24, 2.45) is 0 Å². The highest BCUT2D eigenvalue weighted by atomic mass is 79.9. The van der Waals surface area contributed by atoms with Gasteiger partial charge in [0, 0.05) is 9.86 Å². The lowest BCUT2D eigenvalue weighted by molar-refractivity contribution is 0.277. The number of nitrogens with zero attached hydrogens (tertiary/aromatic N) is 1. The average molecular weight is 307 g/mol. The van der Waals surface area contributed by atoms with Crippen molar-refractivity contribution >= 4 is 50.0 Å². The minimum absolute atomic E-state index is 0.218. The summed E-state index contributed by atoms with van der Waals surface area (Å²) in [7, 11) is 0. The fourth-order valence-corrected chi connectivity index (χ4v) is 2.15. The predicted molar refractivity (Wildman–Crippen MR) is 65.4 cm³/mol. The van der Waals surface area contributed by atoms with Crippen molar-refractivity contribution in [3.63, 3.8) is 0 Å². The van der Waals surface area contributed by atoms with E-state index in [0.717, 1.165) is 15.4 Å². The van der Waals surface area contributed by atoms with Gasteiger partial charge in [0.2, 0.25) is 0 Å². The largest absolute Gasteiger partial charge is 0.390 e. The van der Waals surface area contributed by atoms with Crippen LogP contribution in [0.15, 0.2) is 22.7 Å². The highest BCUT2D eigenvalue weighted by Crippen LogP contribution is 2.33. The molecule has 0 radical (unpaired) electrons. The standard InChI is InChI=1S/C10H6BrCl2NO/c11-5-1-2-7-6(3-5)9(12)10(13)8(4-15)14-7/h1-3,15H,4H2. The molecule has 1 N–H and O–H groups in total. The molecule has 0 unspecified atom stereocenters. The minimum Gasteiger partial charge on any atom is -0.390 e. The van der Waals surface area contributed by atoms with Gasteiger partial charge in [-0.25, -0.2) is 4.98 Å². The number of aromatic nitrogens is 1. The molecule has 0 fully saturated rings. The predicted octanol–water partition coefficient (Wildman–Crippen LogP) is 3.80. The number of benzene rings is 1. The Morgan fingerprint density at radius 3 is 2.67 bits per heavy atom. The maximum absolute atomic E-state index is 9.04. The maximum atomic E-state index is 9.04. The first kappa shape index (κ1) is 11.1. The van der Waals surface area contributed by atoms with Gasteiger partial charge in [0.1, 0.15) is 0 Å². The fraction of sp³-hybridized carbons (Fsp3) is 0.100. The molecule has 0 aliphatic heterocycles. The van der Waals surface area contributed by atoms with E-state index in [1.165, 1.54) is 0 Å². The fourth-order valence-electron chi connectivity index (χ4n) is 1.33. The zero-order valence-electron chi connectivity index (χ0n) is 7.47. The molecule has 0 bridgehead atoms. The quantitative estimate of drug-likeness (QED) is 0.869. The molecule has 0 atom stereocenters. The lowest BCUT2D eigenvalue weighted by Crippen LogP contribution is -1.93. The van der Waals surface area contributed by atoms with Crippen molar-refractivity contribution < 1.29 is 5.11 Å². The molecule has 0 saturated carbocycles. The second-order valence-electron chi connectivity index (χ2n) is 3.01. The Morgan fingerprint density at radius 2 is 2.00 bits per heavy atom. The van der Waals surface area contributed by atoms with E-state index in [-0.39, 0.29) is 6.61 Å². The van der Waals surface area contributed by atoms with Crippen LogP contribution in [0.2, 0.25) is 10.0 Å². The van der Waals surface area contributed by atoms with E-state index in [2.05, 4.69) is 20.9 Å². The maximum Gasteiger partial charge on any atom is 0.0868 e. The third-order valence-electron chi connectivity index (χ3n) is 2.05. The number of hydrogen-bond donors (Lipinski definition) is 1. The van der Waals surface area contributed by atoms with E-state index < -0.39 is 0 Å². The van der Waals surface area contributed by atoms with E-state index >= 15 is 0 Å². The van der Waals surface area contributed by atoms with Crippen molar-refractivity contribution in [3.8, 4) is 0 Å². The summed E-state index contributed by atoms with van der Waals surface area (Å²) >= 11 is 15.4. The average Bonchev–Trinajstić information content (AvgIpc) is 2.24. The summed E-state index contributed by atoms with van der Waals surface area (Å²) in [5.41, 5.74) is 1.12. The Kier molecular flexibility index (Phi) is 3.16. The molecular formula is C10H6BrCl2NO. The molecule has 0 amide bonds. The number of rotatable bonds is 1. The summed E-state index contributed by atoms with van der Waals surface area (Å²) in [5.74, 6) is 0. The summed E-state index contributed by atoms with van der Waals surface area (Å²) in [4.78, 5) is 4.21. The number of halogens is 3. The normalized spacial score (nSPS) is 10.9. The molecule has 1 aromatic carbocycles. The molecule has 1 aromatic heterocycles. The number of fused-ring (bicyclic) bond motifs is 1. The molecule has 78 valence electrons. The molecule has 15 heavy (non-hydrogen) atoms. The summed E-state index contributed by atoms with van der Waals surface area (Å²) in [5, 5.41) is 10.5. The second-order valence-corrected chi connectivity index (χ2v) is 4.68. The molecule has 0 aliphatic carbocycles. The van der Waals surface area contributed by atoms with E-state index in [4.69, 9.17) is 28.3 Å². The van der Waals surface area contributed by atoms with Gasteiger partial charge in [-0.3, -0.25) is 0 Å². The van der Waals surface area contributed by atoms with Crippen LogP contribution in [-0.4, -0.2) is 10.1 Å². The molecule has 2 rings (SSSR count). The van der Waals surface area contributed by atoms with Crippen LogP contribution >= 0.6 is 39.1 Å². The van der Waals surface area contributed by atoms with E-state index in [9.17, 15) is 0 Å². The zero-order valence-corrected chi connectivity index (χ0v) is 10.6.